The second kappa shape index (κ2) is 8.62. The van der Waals surface area contributed by atoms with Crippen molar-refractivity contribution in [1.82, 2.24) is 4.98 Å². The average molecular weight is 510 g/mol. The van der Waals surface area contributed by atoms with Gasteiger partial charge in [-0.2, -0.15) is 8.42 Å². The van der Waals surface area contributed by atoms with Crippen LogP contribution in [0.2, 0.25) is 0 Å². The molecule has 0 radical (unpaired) electrons. The van der Waals surface area contributed by atoms with E-state index in [0.29, 0.717) is 21.9 Å². The van der Waals surface area contributed by atoms with Crippen LogP contribution in [-0.4, -0.2) is 28.9 Å². The molecule has 3 aromatic rings. The number of benzene rings is 2. The van der Waals surface area contributed by atoms with Crippen LogP contribution in [0.5, 0.6) is 0 Å². The second-order valence-electron chi connectivity index (χ2n) is 7.89. The summed E-state index contributed by atoms with van der Waals surface area (Å²) >= 11 is 2.81. The van der Waals surface area contributed by atoms with Gasteiger partial charge in [0.2, 0.25) is 5.91 Å². The molecule has 0 spiro atoms. The van der Waals surface area contributed by atoms with E-state index in [0.717, 1.165) is 37.7 Å². The molecule has 2 aliphatic rings. The smallest absolute Gasteiger partial charge is 0.295 e. The van der Waals surface area contributed by atoms with Gasteiger partial charge in [-0.25, -0.2) is 9.98 Å². The van der Waals surface area contributed by atoms with Gasteiger partial charge in [-0.3, -0.25) is 9.35 Å². The summed E-state index contributed by atoms with van der Waals surface area (Å²) in [5.41, 5.74) is 4.61. The van der Waals surface area contributed by atoms with E-state index in [2.05, 4.69) is 5.32 Å². The predicted octanol–water partition coefficient (Wildman–Crippen LogP) is 5.75. The monoisotopic (exact) mass is 509 g/mol. The molecular formula is C24H19N3O4S3. The number of fused-ring (bicyclic) bond motifs is 3. The molecule has 1 amide bonds. The molecule has 1 aliphatic heterocycles. The lowest BCUT2D eigenvalue weighted by atomic mass is 10.2. The summed E-state index contributed by atoms with van der Waals surface area (Å²) < 4.78 is 34.8. The van der Waals surface area contributed by atoms with Gasteiger partial charge in [-0.15, -0.1) is 11.3 Å². The third-order valence-corrected chi connectivity index (χ3v) is 8.69. The summed E-state index contributed by atoms with van der Waals surface area (Å²) in [6, 6.07) is 13.4. The number of carbonyl (C=O) groups excluding carboxylic acids is 1. The van der Waals surface area contributed by atoms with Gasteiger partial charge in [0.15, 0.2) is 0 Å². The minimum absolute atomic E-state index is 0.0417. The number of thioether (sulfide) groups is 1. The fraction of sp³-hybridized carbons (Fsp3) is 0.125. The molecule has 0 saturated heterocycles. The van der Waals surface area contributed by atoms with Crippen LogP contribution < -0.4 is 5.32 Å². The van der Waals surface area contributed by atoms with Gasteiger partial charge >= 0.3 is 0 Å². The number of aromatic nitrogens is 1. The third kappa shape index (κ3) is 4.49. The molecule has 0 atom stereocenters. The van der Waals surface area contributed by atoms with Crippen LogP contribution in [0.25, 0.3) is 20.8 Å². The Bertz CT molecular complexity index is 1580. The minimum atomic E-state index is -4.36. The Morgan fingerprint density at radius 2 is 1.82 bits per heavy atom. The van der Waals surface area contributed by atoms with Gasteiger partial charge in [-0.1, -0.05) is 23.9 Å². The number of thiazole rings is 1. The zero-order valence-corrected chi connectivity index (χ0v) is 20.6. The van der Waals surface area contributed by atoms with Crippen LogP contribution in [-0.2, 0) is 14.9 Å². The number of anilines is 1. The molecule has 2 N–H and O–H groups in total. The van der Waals surface area contributed by atoms with E-state index >= 15 is 0 Å². The quantitative estimate of drug-likeness (QED) is 0.434. The molecular weight excluding hydrogens is 490 g/mol. The van der Waals surface area contributed by atoms with Crippen LogP contribution in [0, 0.1) is 0 Å². The van der Waals surface area contributed by atoms with E-state index in [1.807, 2.05) is 42.5 Å². The maximum Gasteiger partial charge on any atom is 0.295 e. The molecule has 0 saturated carbocycles. The van der Waals surface area contributed by atoms with Crippen LogP contribution in [0.3, 0.4) is 0 Å². The Morgan fingerprint density at radius 1 is 1.09 bits per heavy atom. The molecule has 2 aromatic carbocycles. The van der Waals surface area contributed by atoms with Crippen LogP contribution in [0.4, 0.5) is 5.69 Å². The van der Waals surface area contributed by atoms with Gasteiger partial charge in [0.25, 0.3) is 10.1 Å². The second-order valence-corrected chi connectivity index (χ2v) is 11.4. The molecule has 34 heavy (non-hydrogen) atoms. The molecule has 172 valence electrons. The zero-order chi connectivity index (χ0) is 24.0. The van der Waals surface area contributed by atoms with Crippen molar-refractivity contribution in [3.8, 4) is 10.6 Å². The Morgan fingerprint density at radius 3 is 2.53 bits per heavy atom. The first-order valence-electron chi connectivity index (χ1n) is 10.3. The summed E-state index contributed by atoms with van der Waals surface area (Å²) in [6.45, 7) is 3.14. The zero-order valence-electron chi connectivity index (χ0n) is 18.2. The SMILES string of the molecule is CC(=O)Nc1ccc(-c2nc3ccc(C4=NC5=CC=C(C)C(S(=O)(=O)O)=C(C5)S4)cc3s2)cc1. The highest BCUT2D eigenvalue weighted by Crippen LogP contribution is 2.42. The number of hydrogen-bond acceptors (Lipinski definition) is 7. The summed E-state index contributed by atoms with van der Waals surface area (Å²) in [5.74, 6) is -0.121. The lowest BCUT2D eigenvalue weighted by Crippen LogP contribution is -2.10. The Hall–Kier alpha value is -3.05. The van der Waals surface area contributed by atoms with E-state index in [4.69, 9.17) is 9.98 Å². The van der Waals surface area contributed by atoms with Gasteiger partial charge in [0.05, 0.1) is 10.2 Å². The lowest BCUT2D eigenvalue weighted by Gasteiger charge is -2.18. The summed E-state index contributed by atoms with van der Waals surface area (Å²) in [7, 11) is -4.36. The Labute approximate surface area is 204 Å². The molecule has 10 heteroatoms. The van der Waals surface area contributed by atoms with Crippen molar-refractivity contribution < 1.29 is 17.8 Å². The molecule has 5 rings (SSSR count). The summed E-state index contributed by atoms with van der Waals surface area (Å²) in [4.78, 5) is 21.2. The minimum Gasteiger partial charge on any atom is -0.326 e. The summed E-state index contributed by atoms with van der Waals surface area (Å²) in [6.07, 6.45) is 3.83. The highest BCUT2D eigenvalue weighted by Gasteiger charge is 2.28. The number of aliphatic imine (C=N–C) groups is 1. The standard InChI is InChI=1S/C24H19N3O4S3/c1-13-3-7-18-12-21(22(13)34(29,30)31)33-24(26-18)16-6-10-19-20(11-16)32-23(27-19)15-4-8-17(9-5-15)25-14(2)28/h3-11H,12H2,1-2H3,(H,25,28)(H,29,30,31). The number of nitrogens with zero attached hydrogens (tertiary/aromatic N) is 2. The number of amides is 1. The number of rotatable bonds is 4. The van der Waals surface area contributed by atoms with Crippen molar-refractivity contribution in [2.75, 3.05) is 5.32 Å². The molecule has 2 bridgehead atoms. The van der Waals surface area contributed by atoms with E-state index in [1.54, 1.807) is 30.4 Å². The van der Waals surface area contributed by atoms with Gasteiger partial charge in [0, 0.05) is 40.8 Å². The normalized spacial score (nSPS) is 16.0. The average Bonchev–Trinajstić information content (AvgIpc) is 3.15. The van der Waals surface area contributed by atoms with Crippen LogP contribution in [0.1, 0.15) is 25.8 Å². The van der Waals surface area contributed by atoms with Crippen LogP contribution >= 0.6 is 23.1 Å². The van der Waals surface area contributed by atoms with Crippen molar-refractivity contribution in [3.05, 3.63) is 81.3 Å². The van der Waals surface area contributed by atoms with E-state index in [-0.39, 0.29) is 10.8 Å². The van der Waals surface area contributed by atoms with Crippen molar-refractivity contribution >= 4 is 60.1 Å². The highest BCUT2D eigenvalue weighted by molar-refractivity contribution is 8.18. The number of nitrogens with one attached hydrogen (secondary N) is 1. The number of carbonyl (C=O) groups is 1. The Kier molecular flexibility index (Phi) is 5.76. The first kappa shape index (κ1) is 22.7. The van der Waals surface area contributed by atoms with Crippen molar-refractivity contribution in [2.24, 2.45) is 4.99 Å². The highest BCUT2D eigenvalue weighted by atomic mass is 32.2. The third-order valence-electron chi connectivity index (χ3n) is 5.29. The van der Waals surface area contributed by atoms with Gasteiger partial charge < -0.3 is 5.32 Å². The van der Waals surface area contributed by atoms with Crippen molar-refractivity contribution in [2.45, 2.75) is 20.3 Å². The first-order chi connectivity index (χ1) is 16.2. The van der Waals surface area contributed by atoms with E-state index in [1.165, 1.54) is 18.7 Å². The van der Waals surface area contributed by atoms with E-state index in [9.17, 15) is 17.8 Å². The number of hydrogen-bond donors (Lipinski definition) is 2. The van der Waals surface area contributed by atoms with Gasteiger partial charge in [-0.05, 0) is 55.0 Å². The predicted molar refractivity (Wildman–Crippen MR) is 139 cm³/mol. The molecule has 7 nitrogen and oxygen atoms in total. The molecule has 1 aliphatic carbocycles. The molecule has 0 fully saturated rings. The fourth-order valence-corrected chi connectivity index (χ4v) is 7.20. The summed E-state index contributed by atoms with van der Waals surface area (Å²) in [5, 5.41) is 4.28. The van der Waals surface area contributed by atoms with E-state index < -0.39 is 10.1 Å². The van der Waals surface area contributed by atoms with Crippen molar-refractivity contribution in [3.63, 3.8) is 0 Å². The largest absolute Gasteiger partial charge is 0.326 e. The first-order valence-corrected chi connectivity index (χ1v) is 13.4. The maximum atomic E-state index is 12.0. The van der Waals surface area contributed by atoms with Gasteiger partial charge in [0.1, 0.15) is 15.0 Å². The van der Waals surface area contributed by atoms with Crippen molar-refractivity contribution in [1.29, 1.82) is 0 Å². The molecule has 1 aromatic heterocycles. The maximum absolute atomic E-state index is 12.0. The molecule has 2 heterocycles. The number of allylic oxidation sites excluding steroid dienone is 4. The fourth-order valence-electron chi connectivity index (χ4n) is 3.80. The topological polar surface area (TPSA) is 109 Å². The molecule has 0 unspecified atom stereocenters. The lowest BCUT2D eigenvalue weighted by molar-refractivity contribution is -0.114. The Balaban J connectivity index is 1.49. The van der Waals surface area contributed by atoms with Crippen LogP contribution in [0.15, 0.2) is 80.7 Å².